The molecule has 0 radical (unpaired) electrons. The third-order valence-corrected chi connectivity index (χ3v) is 8.06. The number of rotatable bonds is 11. The van der Waals surface area contributed by atoms with Gasteiger partial charge >= 0.3 is 6.18 Å². The molecule has 5 rings (SSSR count). The summed E-state index contributed by atoms with van der Waals surface area (Å²) < 4.78 is 45.0. The van der Waals surface area contributed by atoms with Gasteiger partial charge in [-0.25, -0.2) is 4.98 Å². The van der Waals surface area contributed by atoms with Gasteiger partial charge in [-0.3, -0.25) is 9.59 Å². The van der Waals surface area contributed by atoms with Gasteiger partial charge in [0.25, 0.3) is 5.91 Å². The van der Waals surface area contributed by atoms with E-state index < -0.39 is 29.0 Å². The van der Waals surface area contributed by atoms with Crippen molar-refractivity contribution in [2.24, 2.45) is 5.73 Å². The first-order valence-electron chi connectivity index (χ1n) is 14.7. The summed E-state index contributed by atoms with van der Waals surface area (Å²) in [6, 6.07) is 23.5. The minimum atomic E-state index is -4.46. The number of nitrogens with one attached hydrogen (secondary N) is 1. The molecule has 1 heterocycles. The summed E-state index contributed by atoms with van der Waals surface area (Å²) in [5.74, 6) is -0.566. The first kappa shape index (κ1) is 32.0. The van der Waals surface area contributed by atoms with Gasteiger partial charge in [0.05, 0.1) is 29.5 Å². The van der Waals surface area contributed by atoms with E-state index in [1.165, 1.54) is 30.5 Å². The summed E-state index contributed by atoms with van der Waals surface area (Å²) in [6.07, 6.45) is 2.54. The van der Waals surface area contributed by atoms with Crippen LogP contribution in [-0.2, 0) is 21.2 Å². The molecule has 0 unspecified atom stereocenters. The summed E-state index contributed by atoms with van der Waals surface area (Å²) in [5.41, 5.74) is 9.62. The zero-order valence-electron chi connectivity index (χ0n) is 25.1. The van der Waals surface area contributed by atoms with Crippen LogP contribution >= 0.6 is 0 Å². The molecule has 0 saturated carbocycles. The maximum absolute atomic E-state index is 13.2. The highest BCUT2D eigenvalue weighted by Gasteiger charge is 2.47. The first-order valence-corrected chi connectivity index (χ1v) is 14.7. The van der Waals surface area contributed by atoms with Crippen molar-refractivity contribution in [3.63, 3.8) is 0 Å². The van der Waals surface area contributed by atoms with Crippen molar-refractivity contribution >= 4 is 23.1 Å². The molecule has 1 aromatic heterocycles. The van der Waals surface area contributed by atoms with Gasteiger partial charge in [-0.1, -0.05) is 79.4 Å². The molecule has 0 fully saturated rings. The highest BCUT2D eigenvalue weighted by molar-refractivity contribution is 6.15. The molecule has 0 bridgehead atoms. The van der Waals surface area contributed by atoms with E-state index in [4.69, 9.17) is 10.5 Å². The molecule has 3 N–H and O–H groups in total. The van der Waals surface area contributed by atoms with Crippen molar-refractivity contribution in [3.8, 4) is 17.0 Å². The van der Waals surface area contributed by atoms with Gasteiger partial charge in [-0.15, -0.1) is 0 Å². The second-order valence-electron chi connectivity index (χ2n) is 10.7. The van der Waals surface area contributed by atoms with Crippen LogP contribution in [0.15, 0.2) is 122 Å². The Bertz CT molecular complexity index is 1780. The second kappa shape index (κ2) is 13.3. The van der Waals surface area contributed by atoms with Gasteiger partial charge in [0, 0.05) is 11.6 Å². The molecular weight excluding hydrogens is 591 g/mol. The highest BCUT2D eigenvalue weighted by Crippen LogP contribution is 2.51. The molecule has 1 aliphatic carbocycles. The average molecular weight is 624 g/mol. The summed E-state index contributed by atoms with van der Waals surface area (Å²) >= 11 is 0. The molecular formula is C37H32F3N3O3. The standard InChI is InChI=1S/C37H32F3N3O3/c1-3-10-30(27(4-2)24-15-17-25(18-16-24)37(38,39)40)34(44)43-26-19-20-33(42-23-26)46-22-9-21-36(35(41)45)31-13-7-5-11-28(31)29-12-6-8-14-32(29)36/h3-8,10-20,23H,1,9,21-22H2,2H3,(H2,41,45)(H,43,44)/b27-4-,30-10+. The fourth-order valence-electron chi connectivity index (χ4n) is 5.96. The Balaban J connectivity index is 1.23. The van der Waals surface area contributed by atoms with E-state index in [0.717, 1.165) is 34.4 Å². The fourth-order valence-corrected chi connectivity index (χ4v) is 5.96. The van der Waals surface area contributed by atoms with Crippen LogP contribution in [-0.4, -0.2) is 23.4 Å². The minimum Gasteiger partial charge on any atom is -0.478 e. The van der Waals surface area contributed by atoms with Crippen LogP contribution in [0.2, 0.25) is 0 Å². The Morgan fingerprint density at radius 1 is 0.957 bits per heavy atom. The molecule has 234 valence electrons. The maximum atomic E-state index is 13.2. The lowest BCUT2D eigenvalue weighted by molar-refractivity contribution is -0.137. The summed E-state index contributed by atoms with van der Waals surface area (Å²) in [5, 5.41) is 2.77. The zero-order valence-corrected chi connectivity index (χ0v) is 25.1. The van der Waals surface area contributed by atoms with Crippen LogP contribution in [0.3, 0.4) is 0 Å². The Labute approximate surface area is 265 Å². The van der Waals surface area contributed by atoms with E-state index in [-0.39, 0.29) is 12.2 Å². The van der Waals surface area contributed by atoms with Crippen molar-refractivity contribution in [1.29, 1.82) is 0 Å². The number of halogens is 3. The number of anilines is 1. The predicted molar refractivity (Wildman–Crippen MR) is 173 cm³/mol. The van der Waals surface area contributed by atoms with Gasteiger partial charge < -0.3 is 15.8 Å². The van der Waals surface area contributed by atoms with Gasteiger partial charge in [-0.05, 0) is 77.4 Å². The van der Waals surface area contributed by atoms with Crippen molar-refractivity contribution in [3.05, 3.63) is 144 Å². The normalized spacial score (nSPS) is 13.8. The lowest BCUT2D eigenvalue weighted by Crippen LogP contribution is -2.41. The molecule has 46 heavy (non-hydrogen) atoms. The third kappa shape index (κ3) is 6.21. The molecule has 0 aliphatic heterocycles. The number of carbonyl (C=O) groups excluding carboxylic acids is 2. The van der Waals surface area contributed by atoms with Crippen molar-refractivity contribution in [2.75, 3.05) is 11.9 Å². The summed E-state index contributed by atoms with van der Waals surface area (Å²) in [6.45, 7) is 5.64. The zero-order chi connectivity index (χ0) is 32.9. The molecule has 3 aromatic carbocycles. The van der Waals surface area contributed by atoms with E-state index in [2.05, 4.69) is 16.9 Å². The lowest BCUT2D eigenvalue weighted by Gasteiger charge is -2.28. The first-order chi connectivity index (χ1) is 22.1. The number of nitrogens with zero attached hydrogens (tertiary/aromatic N) is 1. The molecule has 4 aromatic rings. The molecule has 0 spiro atoms. The second-order valence-corrected chi connectivity index (χ2v) is 10.7. The Morgan fingerprint density at radius 3 is 2.11 bits per heavy atom. The van der Waals surface area contributed by atoms with E-state index in [1.54, 1.807) is 25.1 Å². The summed E-state index contributed by atoms with van der Waals surface area (Å²) in [4.78, 5) is 30.5. The van der Waals surface area contributed by atoms with Crippen LogP contribution in [0.25, 0.3) is 16.7 Å². The van der Waals surface area contributed by atoms with Gasteiger partial charge in [0.1, 0.15) is 0 Å². The van der Waals surface area contributed by atoms with Crippen molar-refractivity contribution < 1.29 is 27.5 Å². The fraction of sp³-hybridized carbons (Fsp3) is 0.162. The molecule has 9 heteroatoms. The number of ether oxygens (including phenoxy) is 1. The molecule has 1 aliphatic rings. The topological polar surface area (TPSA) is 94.3 Å². The molecule has 2 amide bonds. The van der Waals surface area contributed by atoms with Crippen molar-refractivity contribution in [1.82, 2.24) is 4.98 Å². The number of alkyl halides is 3. The minimum absolute atomic E-state index is 0.219. The Hall–Kier alpha value is -5.44. The number of primary amides is 1. The number of amides is 2. The van der Waals surface area contributed by atoms with Crippen LogP contribution in [0, 0.1) is 0 Å². The molecule has 6 nitrogen and oxygen atoms in total. The number of nitrogens with two attached hydrogens (primary N) is 1. The van der Waals surface area contributed by atoms with E-state index >= 15 is 0 Å². The van der Waals surface area contributed by atoms with E-state index in [0.29, 0.717) is 35.5 Å². The number of hydrogen-bond acceptors (Lipinski definition) is 4. The summed E-state index contributed by atoms with van der Waals surface area (Å²) in [7, 11) is 0. The number of hydrogen-bond donors (Lipinski definition) is 2. The Kier molecular flexibility index (Phi) is 9.23. The average Bonchev–Trinajstić information content (AvgIpc) is 3.34. The molecule has 0 atom stereocenters. The maximum Gasteiger partial charge on any atom is 0.416 e. The van der Waals surface area contributed by atoms with Crippen LogP contribution < -0.4 is 15.8 Å². The lowest BCUT2D eigenvalue weighted by atomic mass is 9.74. The van der Waals surface area contributed by atoms with Gasteiger partial charge in [0.2, 0.25) is 11.8 Å². The predicted octanol–water partition coefficient (Wildman–Crippen LogP) is 7.87. The number of benzene rings is 3. The smallest absolute Gasteiger partial charge is 0.416 e. The van der Waals surface area contributed by atoms with Crippen molar-refractivity contribution in [2.45, 2.75) is 31.4 Å². The number of carbonyl (C=O) groups is 2. The van der Waals surface area contributed by atoms with Crippen LogP contribution in [0.5, 0.6) is 5.88 Å². The van der Waals surface area contributed by atoms with Gasteiger partial charge in [0.15, 0.2) is 0 Å². The highest BCUT2D eigenvalue weighted by atomic mass is 19.4. The number of fused-ring (bicyclic) bond motifs is 3. The third-order valence-electron chi connectivity index (χ3n) is 8.06. The monoisotopic (exact) mass is 623 g/mol. The number of pyridine rings is 1. The van der Waals surface area contributed by atoms with Crippen LogP contribution in [0.1, 0.15) is 42.0 Å². The molecule has 0 saturated heterocycles. The number of aromatic nitrogens is 1. The van der Waals surface area contributed by atoms with Crippen LogP contribution in [0.4, 0.5) is 18.9 Å². The number of allylic oxidation sites excluding steroid dienone is 3. The van der Waals surface area contributed by atoms with E-state index in [9.17, 15) is 22.8 Å². The van der Waals surface area contributed by atoms with Gasteiger partial charge in [-0.2, -0.15) is 13.2 Å². The SMILES string of the molecule is C=C/C=C(C(=O)Nc1ccc(OCCCC2(C(N)=O)c3ccccc3-c3ccccc32)nc1)\C(=C/C)c1ccc(C(F)(F)F)cc1. The quantitative estimate of drug-likeness (QED) is 0.101. The largest absolute Gasteiger partial charge is 0.478 e. The van der Waals surface area contributed by atoms with E-state index in [1.807, 2.05) is 48.5 Å². The Morgan fingerprint density at radius 2 is 1.59 bits per heavy atom.